The van der Waals surface area contributed by atoms with Gasteiger partial charge >= 0.3 is 0 Å². The van der Waals surface area contributed by atoms with Crippen LogP contribution in [0.2, 0.25) is 0 Å². The number of benzene rings is 1. The second-order valence-corrected chi connectivity index (χ2v) is 3.78. The Morgan fingerprint density at radius 2 is 1.94 bits per heavy atom. The van der Waals surface area contributed by atoms with E-state index in [9.17, 15) is 4.39 Å². The monoisotopic (exact) mass is 255 g/mol. The number of hydrogen-bond donors (Lipinski definition) is 1. The summed E-state index contributed by atoms with van der Waals surface area (Å²) in [5, 5.41) is 7.50. The third-order valence-electron chi connectivity index (χ3n) is 2.41. The molecule has 0 aliphatic heterocycles. The number of nitrogens with one attached hydrogen (secondary N) is 1. The first kappa shape index (κ1) is 13.5. The zero-order valence-electron chi connectivity index (χ0n) is 9.77. The van der Waals surface area contributed by atoms with Gasteiger partial charge in [0.05, 0.1) is 11.4 Å². The van der Waals surface area contributed by atoms with Crippen LogP contribution in [0.1, 0.15) is 11.3 Å². The average molecular weight is 256 g/mol. The molecule has 0 saturated heterocycles. The van der Waals surface area contributed by atoms with Gasteiger partial charge in [-0.3, -0.25) is 4.68 Å². The highest BCUT2D eigenvalue weighted by molar-refractivity contribution is 5.85. The molecule has 2 aromatic rings. The molecule has 0 fully saturated rings. The van der Waals surface area contributed by atoms with Crippen molar-refractivity contribution in [3.05, 3.63) is 47.5 Å². The molecule has 1 N–H and O–H groups in total. The van der Waals surface area contributed by atoms with Crippen molar-refractivity contribution < 1.29 is 4.39 Å². The highest BCUT2D eigenvalue weighted by atomic mass is 35.5. The van der Waals surface area contributed by atoms with Crippen LogP contribution in [0.4, 0.5) is 10.1 Å². The molecule has 0 saturated carbocycles. The molecule has 1 heterocycles. The van der Waals surface area contributed by atoms with Crippen LogP contribution in [0.3, 0.4) is 0 Å². The van der Waals surface area contributed by atoms with Gasteiger partial charge in [-0.15, -0.1) is 12.4 Å². The fraction of sp³-hybridized carbons (Fsp3) is 0.250. The van der Waals surface area contributed by atoms with E-state index in [1.54, 1.807) is 16.8 Å². The summed E-state index contributed by atoms with van der Waals surface area (Å²) in [6.45, 7) is 2.62. The van der Waals surface area contributed by atoms with Gasteiger partial charge in [-0.2, -0.15) is 5.10 Å². The van der Waals surface area contributed by atoms with Crippen molar-refractivity contribution in [2.75, 3.05) is 5.32 Å². The lowest BCUT2D eigenvalue weighted by Gasteiger charge is -2.04. The molecule has 0 aliphatic carbocycles. The van der Waals surface area contributed by atoms with E-state index < -0.39 is 0 Å². The van der Waals surface area contributed by atoms with Crippen LogP contribution < -0.4 is 5.32 Å². The van der Waals surface area contributed by atoms with E-state index in [1.807, 2.05) is 20.2 Å². The summed E-state index contributed by atoms with van der Waals surface area (Å²) in [7, 11) is 1.88. The van der Waals surface area contributed by atoms with Crippen molar-refractivity contribution in [3.8, 4) is 0 Å². The number of halogens is 2. The number of aryl methyl sites for hydroxylation is 2. The Kier molecular flexibility index (Phi) is 4.52. The standard InChI is InChI=1S/C12H14FN3.ClH/c1-9-12(8-16(2)15-9)14-7-10-3-5-11(13)6-4-10;/h3-6,8,14H,7H2,1-2H3;1H. The van der Waals surface area contributed by atoms with Gasteiger partial charge < -0.3 is 5.32 Å². The second-order valence-electron chi connectivity index (χ2n) is 3.78. The van der Waals surface area contributed by atoms with Crippen LogP contribution >= 0.6 is 12.4 Å². The predicted molar refractivity (Wildman–Crippen MR) is 68.9 cm³/mol. The Bertz CT molecular complexity index is 479. The summed E-state index contributed by atoms with van der Waals surface area (Å²) in [6.07, 6.45) is 1.93. The van der Waals surface area contributed by atoms with Gasteiger partial charge in [0.2, 0.25) is 0 Å². The quantitative estimate of drug-likeness (QED) is 0.914. The minimum Gasteiger partial charge on any atom is -0.378 e. The summed E-state index contributed by atoms with van der Waals surface area (Å²) < 4.78 is 14.4. The fourth-order valence-electron chi connectivity index (χ4n) is 1.57. The maximum atomic E-state index is 12.7. The Labute approximate surface area is 106 Å². The van der Waals surface area contributed by atoms with Gasteiger partial charge in [0, 0.05) is 19.8 Å². The number of rotatable bonds is 3. The van der Waals surface area contributed by atoms with E-state index in [2.05, 4.69) is 10.4 Å². The number of nitrogens with zero attached hydrogens (tertiary/aromatic N) is 2. The Morgan fingerprint density at radius 3 is 2.47 bits per heavy atom. The smallest absolute Gasteiger partial charge is 0.123 e. The van der Waals surface area contributed by atoms with Crippen LogP contribution in [0.5, 0.6) is 0 Å². The van der Waals surface area contributed by atoms with Crippen molar-refractivity contribution in [2.45, 2.75) is 13.5 Å². The van der Waals surface area contributed by atoms with Crippen LogP contribution in [-0.2, 0) is 13.6 Å². The average Bonchev–Trinajstić information content (AvgIpc) is 2.57. The first-order valence-corrected chi connectivity index (χ1v) is 5.14. The van der Waals surface area contributed by atoms with E-state index in [0.29, 0.717) is 6.54 Å². The summed E-state index contributed by atoms with van der Waals surface area (Å²) in [5.41, 5.74) is 3.01. The topological polar surface area (TPSA) is 29.9 Å². The van der Waals surface area contributed by atoms with E-state index in [-0.39, 0.29) is 18.2 Å². The molecule has 0 aliphatic rings. The molecule has 0 atom stereocenters. The van der Waals surface area contributed by atoms with Crippen LogP contribution in [-0.4, -0.2) is 9.78 Å². The lowest BCUT2D eigenvalue weighted by atomic mass is 10.2. The summed E-state index contributed by atoms with van der Waals surface area (Å²) >= 11 is 0. The molecular formula is C12H15ClFN3. The van der Waals surface area contributed by atoms with Gasteiger partial charge in [-0.1, -0.05) is 12.1 Å². The Hall–Kier alpha value is -1.55. The second kappa shape index (κ2) is 5.68. The van der Waals surface area contributed by atoms with Crippen molar-refractivity contribution >= 4 is 18.1 Å². The molecule has 3 nitrogen and oxygen atoms in total. The van der Waals surface area contributed by atoms with E-state index in [0.717, 1.165) is 16.9 Å². The van der Waals surface area contributed by atoms with E-state index >= 15 is 0 Å². The zero-order valence-corrected chi connectivity index (χ0v) is 10.6. The van der Waals surface area contributed by atoms with Gasteiger partial charge in [0.15, 0.2) is 0 Å². The van der Waals surface area contributed by atoms with E-state index in [4.69, 9.17) is 0 Å². The molecule has 0 amide bonds. The van der Waals surface area contributed by atoms with Crippen LogP contribution in [0.15, 0.2) is 30.5 Å². The molecule has 0 unspecified atom stereocenters. The Morgan fingerprint density at radius 1 is 1.29 bits per heavy atom. The molecule has 0 spiro atoms. The highest BCUT2D eigenvalue weighted by Crippen LogP contribution is 2.13. The maximum Gasteiger partial charge on any atom is 0.123 e. The molecule has 2 rings (SSSR count). The van der Waals surface area contributed by atoms with Crippen molar-refractivity contribution in [2.24, 2.45) is 7.05 Å². The number of hydrogen-bond acceptors (Lipinski definition) is 2. The van der Waals surface area contributed by atoms with Crippen molar-refractivity contribution in [1.29, 1.82) is 0 Å². The first-order valence-electron chi connectivity index (χ1n) is 5.14. The molecule has 0 bridgehead atoms. The van der Waals surface area contributed by atoms with Crippen LogP contribution in [0, 0.1) is 12.7 Å². The summed E-state index contributed by atoms with van der Waals surface area (Å²) in [5.74, 6) is -0.207. The number of aromatic nitrogens is 2. The van der Waals surface area contributed by atoms with Gasteiger partial charge in [-0.25, -0.2) is 4.39 Å². The summed E-state index contributed by atoms with van der Waals surface area (Å²) in [6, 6.07) is 6.47. The largest absolute Gasteiger partial charge is 0.378 e. The molecule has 1 aromatic heterocycles. The van der Waals surface area contributed by atoms with Crippen molar-refractivity contribution in [3.63, 3.8) is 0 Å². The SMILES string of the molecule is Cc1nn(C)cc1NCc1ccc(F)cc1.Cl. The van der Waals surface area contributed by atoms with Gasteiger partial charge in [-0.05, 0) is 24.6 Å². The van der Waals surface area contributed by atoms with E-state index in [1.165, 1.54) is 12.1 Å². The first-order chi connectivity index (χ1) is 7.65. The van der Waals surface area contributed by atoms with Gasteiger partial charge in [0.1, 0.15) is 5.82 Å². The highest BCUT2D eigenvalue weighted by Gasteiger charge is 2.01. The third kappa shape index (κ3) is 3.46. The minimum atomic E-state index is -0.207. The third-order valence-corrected chi connectivity index (χ3v) is 2.41. The summed E-state index contributed by atoms with van der Waals surface area (Å²) in [4.78, 5) is 0. The molecule has 5 heteroatoms. The molecule has 17 heavy (non-hydrogen) atoms. The van der Waals surface area contributed by atoms with Crippen molar-refractivity contribution in [1.82, 2.24) is 9.78 Å². The molecule has 1 aromatic carbocycles. The lowest BCUT2D eigenvalue weighted by Crippen LogP contribution is -1.99. The normalized spacial score (nSPS) is 9.82. The molecular weight excluding hydrogens is 241 g/mol. The van der Waals surface area contributed by atoms with Gasteiger partial charge in [0.25, 0.3) is 0 Å². The maximum absolute atomic E-state index is 12.7. The fourth-order valence-corrected chi connectivity index (χ4v) is 1.57. The van der Waals surface area contributed by atoms with Crippen LogP contribution in [0.25, 0.3) is 0 Å². The number of anilines is 1. The Balaban J connectivity index is 0.00000144. The predicted octanol–water partition coefficient (Wildman–Crippen LogP) is 2.90. The lowest BCUT2D eigenvalue weighted by molar-refractivity contribution is 0.627. The zero-order chi connectivity index (χ0) is 11.5. The molecule has 92 valence electrons. The minimum absolute atomic E-state index is 0. The molecule has 0 radical (unpaired) electrons.